The molecule has 0 spiro atoms. The van der Waals surface area contributed by atoms with Crippen molar-refractivity contribution in [3.05, 3.63) is 138 Å². The van der Waals surface area contributed by atoms with E-state index in [0.717, 1.165) is 19.3 Å². The fraction of sp³-hybridized carbons (Fsp3) is 0.351. The number of unbranched alkanes of at least 4 members (excludes halogenated alkanes) is 5. The Morgan fingerprint density at radius 2 is 1.07 bits per heavy atom. The van der Waals surface area contributed by atoms with Gasteiger partial charge in [-0.1, -0.05) is 155 Å². The molecule has 42 heavy (non-hydrogen) atoms. The van der Waals surface area contributed by atoms with Crippen molar-refractivity contribution in [3.63, 3.8) is 0 Å². The zero-order valence-corrected chi connectivity index (χ0v) is 25.6. The predicted octanol–water partition coefficient (Wildman–Crippen LogP) is 8.10. The molecule has 4 nitrogen and oxygen atoms in total. The van der Waals surface area contributed by atoms with Gasteiger partial charge in [-0.05, 0) is 35.2 Å². The standard InChI is InChI=1S/C37H44N2O2S/c1-2-3-4-5-6-17-26-35-31-38(29-30-39(35)42(40,41)36-27-18-10-19-28-36)37(32-20-11-7-12-21-32,33-22-13-8-14-23-33)34-24-15-9-16-25-34/h7-16,18-25,27-28,35H,2-6,17,26,29-31H2,1H3. The third kappa shape index (κ3) is 6.39. The molecule has 0 amide bonds. The zero-order valence-electron chi connectivity index (χ0n) is 24.8. The largest absolute Gasteiger partial charge is 0.283 e. The summed E-state index contributed by atoms with van der Waals surface area (Å²) >= 11 is 0. The van der Waals surface area contributed by atoms with Gasteiger partial charge in [0.15, 0.2) is 0 Å². The van der Waals surface area contributed by atoms with Crippen LogP contribution in [0.3, 0.4) is 0 Å². The molecule has 0 aromatic heterocycles. The van der Waals surface area contributed by atoms with Crippen LogP contribution < -0.4 is 0 Å². The fourth-order valence-corrected chi connectivity index (χ4v) is 8.33. The van der Waals surface area contributed by atoms with Crippen LogP contribution >= 0.6 is 0 Å². The summed E-state index contributed by atoms with van der Waals surface area (Å²) in [6, 6.07) is 41.0. The lowest BCUT2D eigenvalue weighted by molar-refractivity contribution is 0.0664. The summed E-state index contributed by atoms with van der Waals surface area (Å²) in [6.07, 6.45) is 7.95. The summed E-state index contributed by atoms with van der Waals surface area (Å²) in [7, 11) is -3.62. The second-order valence-electron chi connectivity index (χ2n) is 11.4. The van der Waals surface area contributed by atoms with Crippen LogP contribution in [0.5, 0.6) is 0 Å². The second kappa shape index (κ2) is 14.3. The molecule has 1 aliphatic heterocycles. The Morgan fingerprint density at radius 1 is 0.619 bits per heavy atom. The third-order valence-electron chi connectivity index (χ3n) is 8.72. The van der Waals surface area contributed by atoms with Gasteiger partial charge in [-0.25, -0.2) is 8.42 Å². The minimum absolute atomic E-state index is 0.120. The Morgan fingerprint density at radius 3 is 1.57 bits per heavy atom. The van der Waals surface area contributed by atoms with Crippen molar-refractivity contribution in [2.24, 2.45) is 0 Å². The molecular formula is C37H44N2O2S. The molecule has 1 fully saturated rings. The minimum atomic E-state index is -3.62. The molecule has 1 aliphatic rings. The van der Waals surface area contributed by atoms with E-state index in [1.807, 2.05) is 18.2 Å². The van der Waals surface area contributed by atoms with E-state index in [4.69, 9.17) is 0 Å². The van der Waals surface area contributed by atoms with Gasteiger partial charge in [0.05, 0.1) is 10.4 Å². The highest BCUT2D eigenvalue weighted by atomic mass is 32.2. The summed E-state index contributed by atoms with van der Waals surface area (Å²) in [5.74, 6) is 0. The number of sulfonamides is 1. The number of hydrogen-bond donors (Lipinski definition) is 0. The van der Waals surface area contributed by atoms with Gasteiger partial charge in [-0.2, -0.15) is 4.31 Å². The number of nitrogens with zero attached hydrogens (tertiary/aromatic N) is 2. The lowest BCUT2D eigenvalue weighted by atomic mass is 9.75. The summed E-state index contributed by atoms with van der Waals surface area (Å²) in [5.41, 5.74) is 3.03. The molecule has 4 aromatic carbocycles. The smallest absolute Gasteiger partial charge is 0.243 e. The lowest BCUT2D eigenvalue weighted by Crippen LogP contribution is -2.61. The Labute approximate surface area is 253 Å². The Kier molecular flexibility index (Phi) is 10.3. The number of benzene rings is 4. The topological polar surface area (TPSA) is 40.6 Å². The van der Waals surface area contributed by atoms with E-state index in [1.54, 1.807) is 16.4 Å². The van der Waals surface area contributed by atoms with Gasteiger partial charge >= 0.3 is 0 Å². The molecule has 1 saturated heterocycles. The van der Waals surface area contributed by atoms with Gasteiger partial charge in [-0.15, -0.1) is 0 Å². The maximum atomic E-state index is 14.0. The minimum Gasteiger partial charge on any atom is -0.283 e. The molecule has 220 valence electrons. The summed E-state index contributed by atoms with van der Waals surface area (Å²) in [5, 5.41) is 0. The molecule has 0 bridgehead atoms. The maximum absolute atomic E-state index is 14.0. The molecule has 5 heteroatoms. The second-order valence-corrected chi connectivity index (χ2v) is 13.3. The van der Waals surface area contributed by atoms with Gasteiger partial charge in [0.2, 0.25) is 10.0 Å². The third-order valence-corrected chi connectivity index (χ3v) is 10.7. The van der Waals surface area contributed by atoms with Crippen LogP contribution in [0.1, 0.15) is 68.6 Å². The maximum Gasteiger partial charge on any atom is 0.243 e. The summed E-state index contributed by atoms with van der Waals surface area (Å²) < 4.78 is 29.9. The average Bonchev–Trinajstić information content (AvgIpc) is 3.05. The fourth-order valence-electron chi connectivity index (χ4n) is 6.67. The lowest BCUT2D eigenvalue weighted by Gasteiger charge is -2.51. The molecule has 0 aliphatic carbocycles. The molecule has 0 saturated carbocycles. The number of hydrogen-bond acceptors (Lipinski definition) is 3. The van der Waals surface area contributed by atoms with Crippen LogP contribution in [0, 0.1) is 0 Å². The molecule has 0 N–H and O–H groups in total. The molecule has 0 radical (unpaired) electrons. The van der Waals surface area contributed by atoms with Crippen LogP contribution in [0.2, 0.25) is 0 Å². The number of rotatable bonds is 13. The highest BCUT2D eigenvalue weighted by Gasteiger charge is 2.47. The summed E-state index contributed by atoms with van der Waals surface area (Å²) in [6.45, 7) is 3.96. The van der Waals surface area contributed by atoms with Crippen LogP contribution in [0.15, 0.2) is 126 Å². The molecule has 1 heterocycles. The first kappa shape index (κ1) is 30.2. The van der Waals surface area contributed by atoms with Crippen LogP contribution in [0.25, 0.3) is 0 Å². The van der Waals surface area contributed by atoms with Crippen LogP contribution in [0.4, 0.5) is 0 Å². The number of piperazine rings is 1. The normalized spacial score (nSPS) is 16.8. The van der Waals surface area contributed by atoms with E-state index in [-0.39, 0.29) is 6.04 Å². The van der Waals surface area contributed by atoms with E-state index in [0.29, 0.717) is 24.5 Å². The van der Waals surface area contributed by atoms with E-state index >= 15 is 0 Å². The SMILES string of the molecule is CCCCCCCCC1CN(C(c2ccccc2)(c2ccccc2)c2ccccc2)CCN1S(=O)(=O)c1ccccc1. The van der Waals surface area contributed by atoms with Crippen molar-refractivity contribution < 1.29 is 8.42 Å². The molecule has 1 unspecified atom stereocenters. The first-order valence-corrected chi connectivity index (χ1v) is 17.0. The van der Waals surface area contributed by atoms with E-state index in [9.17, 15) is 8.42 Å². The Balaban J connectivity index is 1.56. The van der Waals surface area contributed by atoms with Gasteiger partial charge in [-0.3, -0.25) is 4.90 Å². The average molecular weight is 581 g/mol. The van der Waals surface area contributed by atoms with E-state index < -0.39 is 15.6 Å². The van der Waals surface area contributed by atoms with Crippen molar-refractivity contribution in [2.75, 3.05) is 19.6 Å². The van der Waals surface area contributed by atoms with Crippen molar-refractivity contribution in [3.8, 4) is 0 Å². The Hall–Kier alpha value is -3.25. The highest BCUT2D eigenvalue weighted by Crippen LogP contribution is 2.44. The highest BCUT2D eigenvalue weighted by molar-refractivity contribution is 7.89. The van der Waals surface area contributed by atoms with E-state index in [1.165, 1.54) is 42.4 Å². The van der Waals surface area contributed by atoms with Gasteiger partial charge in [0.1, 0.15) is 0 Å². The van der Waals surface area contributed by atoms with Crippen molar-refractivity contribution in [2.45, 2.75) is 68.3 Å². The van der Waals surface area contributed by atoms with Crippen LogP contribution in [-0.2, 0) is 15.6 Å². The van der Waals surface area contributed by atoms with Crippen molar-refractivity contribution in [1.29, 1.82) is 0 Å². The first-order chi connectivity index (χ1) is 20.6. The summed E-state index contributed by atoms with van der Waals surface area (Å²) in [4.78, 5) is 2.93. The molecule has 4 aromatic rings. The van der Waals surface area contributed by atoms with Crippen molar-refractivity contribution >= 4 is 10.0 Å². The predicted molar refractivity (Wildman–Crippen MR) is 173 cm³/mol. The molecule has 1 atom stereocenters. The monoisotopic (exact) mass is 580 g/mol. The van der Waals surface area contributed by atoms with Gasteiger partial charge in [0.25, 0.3) is 0 Å². The zero-order chi connectivity index (χ0) is 29.3. The van der Waals surface area contributed by atoms with Crippen molar-refractivity contribution in [1.82, 2.24) is 9.21 Å². The first-order valence-electron chi connectivity index (χ1n) is 15.6. The quantitative estimate of drug-likeness (QED) is 0.118. The van der Waals surface area contributed by atoms with Gasteiger partial charge in [0, 0.05) is 25.7 Å². The van der Waals surface area contributed by atoms with E-state index in [2.05, 4.69) is 103 Å². The molecule has 5 rings (SSSR count). The van der Waals surface area contributed by atoms with Crippen LogP contribution in [-0.4, -0.2) is 43.3 Å². The Bertz CT molecular complexity index is 1370. The molecular weight excluding hydrogens is 536 g/mol. The van der Waals surface area contributed by atoms with Gasteiger partial charge < -0.3 is 0 Å².